The molecule has 0 bridgehead atoms. The summed E-state index contributed by atoms with van der Waals surface area (Å²) in [5.41, 5.74) is 11.0. The fraction of sp³-hybridized carbons (Fsp3) is 0.250. The van der Waals surface area contributed by atoms with E-state index < -0.39 is 4.92 Å². The number of nitrogen functional groups attached to an aromatic ring is 2. The summed E-state index contributed by atoms with van der Waals surface area (Å²) in [5, 5.41) is 10.5. The van der Waals surface area contributed by atoms with Crippen LogP contribution in [0.25, 0.3) is 0 Å². The first-order chi connectivity index (χ1) is 6.56. The fourth-order valence-corrected chi connectivity index (χ4v) is 1.04. The summed E-state index contributed by atoms with van der Waals surface area (Å²) in [6.07, 6.45) is 0. The Kier molecular flexibility index (Phi) is 2.76. The van der Waals surface area contributed by atoms with Crippen molar-refractivity contribution >= 4 is 17.1 Å². The van der Waals surface area contributed by atoms with Crippen LogP contribution in [0.15, 0.2) is 12.1 Å². The molecule has 0 aromatic heterocycles. The number of rotatable bonds is 3. The first-order valence-corrected chi connectivity index (χ1v) is 4.02. The predicted octanol–water partition coefficient (Wildman–Crippen LogP) is 1.16. The van der Waals surface area contributed by atoms with Crippen LogP contribution in [0.5, 0.6) is 5.75 Å². The van der Waals surface area contributed by atoms with Crippen LogP contribution in [0.2, 0.25) is 0 Å². The van der Waals surface area contributed by atoms with Crippen LogP contribution in [0.4, 0.5) is 17.1 Å². The van der Waals surface area contributed by atoms with Gasteiger partial charge in [0.25, 0.3) is 5.69 Å². The molecule has 0 aliphatic rings. The third kappa shape index (κ3) is 1.85. The Bertz CT molecular complexity index is 365. The largest absolute Gasteiger partial charge is 0.492 e. The molecular weight excluding hydrogens is 186 g/mol. The Morgan fingerprint density at radius 2 is 2.07 bits per heavy atom. The van der Waals surface area contributed by atoms with Gasteiger partial charge in [0.05, 0.1) is 17.2 Å². The minimum absolute atomic E-state index is 0.0488. The molecular formula is C8H11N3O3. The van der Waals surface area contributed by atoms with E-state index in [2.05, 4.69) is 0 Å². The molecule has 0 radical (unpaired) electrons. The van der Waals surface area contributed by atoms with E-state index in [9.17, 15) is 10.1 Å². The highest BCUT2D eigenvalue weighted by molar-refractivity contribution is 5.70. The maximum absolute atomic E-state index is 10.5. The van der Waals surface area contributed by atoms with E-state index in [4.69, 9.17) is 16.2 Å². The molecule has 1 aromatic carbocycles. The van der Waals surface area contributed by atoms with Crippen molar-refractivity contribution in [1.29, 1.82) is 0 Å². The third-order valence-corrected chi connectivity index (χ3v) is 1.66. The second-order valence-electron chi connectivity index (χ2n) is 2.64. The summed E-state index contributed by atoms with van der Waals surface area (Å²) in [4.78, 5) is 9.89. The van der Waals surface area contributed by atoms with Gasteiger partial charge in [0, 0.05) is 12.1 Å². The lowest BCUT2D eigenvalue weighted by atomic mass is 10.2. The normalized spacial score (nSPS) is 9.79. The zero-order chi connectivity index (χ0) is 10.7. The number of nitro benzene ring substituents is 1. The van der Waals surface area contributed by atoms with Crippen molar-refractivity contribution in [2.45, 2.75) is 6.92 Å². The van der Waals surface area contributed by atoms with Crippen LogP contribution in [0, 0.1) is 10.1 Å². The molecule has 0 saturated carbocycles. The van der Waals surface area contributed by atoms with Crippen LogP contribution >= 0.6 is 0 Å². The number of benzene rings is 1. The van der Waals surface area contributed by atoms with Gasteiger partial charge in [0.2, 0.25) is 0 Å². The van der Waals surface area contributed by atoms with Crippen molar-refractivity contribution in [3.63, 3.8) is 0 Å². The summed E-state index contributed by atoms with van der Waals surface area (Å²) in [6, 6.07) is 2.55. The van der Waals surface area contributed by atoms with Gasteiger partial charge >= 0.3 is 0 Å². The van der Waals surface area contributed by atoms with Crippen LogP contribution in [-0.4, -0.2) is 11.5 Å². The predicted molar refractivity (Wildman–Crippen MR) is 53.1 cm³/mol. The Morgan fingerprint density at radius 3 is 2.57 bits per heavy atom. The van der Waals surface area contributed by atoms with Gasteiger partial charge in [0.1, 0.15) is 11.4 Å². The lowest BCUT2D eigenvalue weighted by Gasteiger charge is -2.07. The van der Waals surface area contributed by atoms with Crippen LogP contribution < -0.4 is 16.2 Å². The first kappa shape index (κ1) is 10.1. The van der Waals surface area contributed by atoms with Crippen LogP contribution in [0.1, 0.15) is 6.92 Å². The number of nitrogens with two attached hydrogens (primary N) is 2. The molecule has 1 rings (SSSR count). The van der Waals surface area contributed by atoms with E-state index in [0.29, 0.717) is 12.4 Å². The van der Waals surface area contributed by atoms with Gasteiger partial charge in [-0.05, 0) is 6.92 Å². The molecule has 0 saturated heterocycles. The molecule has 0 fully saturated rings. The van der Waals surface area contributed by atoms with Gasteiger partial charge in [-0.15, -0.1) is 0 Å². The topological polar surface area (TPSA) is 104 Å². The molecule has 0 aliphatic heterocycles. The number of ether oxygens (including phenoxy) is 1. The number of hydrogen-bond acceptors (Lipinski definition) is 5. The molecule has 76 valence electrons. The number of nitrogens with zero attached hydrogens (tertiary/aromatic N) is 1. The minimum atomic E-state index is -0.582. The smallest absolute Gasteiger partial charge is 0.294 e. The van der Waals surface area contributed by atoms with E-state index in [1.807, 2.05) is 0 Å². The van der Waals surface area contributed by atoms with Crippen molar-refractivity contribution < 1.29 is 9.66 Å². The monoisotopic (exact) mass is 197 g/mol. The molecule has 14 heavy (non-hydrogen) atoms. The minimum Gasteiger partial charge on any atom is -0.492 e. The molecule has 6 heteroatoms. The quantitative estimate of drug-likeness (QED) is 0.429. The molecule has 1 aromatic rings. The molecule has 0 amide bonds. The van der Waals surface area contributed by atoms with Crippen LogP contribution in [0.3, 0.4) is 0 Å². The second kappa shape index (κ2) is 3.82. The van der Waals surface area contributed by atoms with Crippen molar-refractivity contribution in [1.82, 2.24) is 0 Å². The number of hydrogen-bond donors (Lipinski definition) is 2. The summed E-state index contributed by atoms with van der Waals surface area (Å²) < 4.78 is 5.12. The van der Waals surface area contributed by atoms with E-state index in [0.717, 1.165) is 0 Å². The highest BCUT2D eigenvalue weighted by atomic mass is 16.6. The van der Waals surface area contributed by atoms with E-state index in [-0.39, 0.29) is 17.1 Å². The van der Waals surface area contributed by atoms with Gasteiger partial charge in [-0.3, -0.25) is 10.1 Å². The Morgan fingerprint density at radius 1 is 1.43 bits per heavy atom. The van der Waals surface area contributed by atoms with Gasteiger partial charge in [0.15, 0.2) is 0 Å². The van der Waals surface area contributed by atoms with Crippen molar-refractivity contribution in [3.8, 4) is 5.75 Å². The molecule has 0 aliphatic carbocycles. The van der Waals surface area contributed by atoms with E-state index in [1.165, 1.54) is 12.1 Å². The lowest BCUT2D eigenvalue weighted by Crippen LogP contribution is -2.01. The summed E-state index contributed by atoms with van der Waals surface area (Å²) in [6.45, 7) is 2.22. The zero-order valence-corrected chi connectivity index (χ0v) is 7.69. The average molecular weight is 197 g/mol. The highest BCUT2D eigenvalue weighted by Gasteiger charge is 2.14. The zero-order valence-electron chi connectivity index (χ0n) is 7.69. The molecule has 4 N–H and O–H groups in total. The molecule has 0 unspecified atom stereocenters. The summed E-state index contributed by atoms with van der Waals surface area (Å²) >= 11 is 0. The Labute approximate surface area is 80.6 Å². The number of nitro groups is 1. The lowest BCUT2D eigenvalue weighted by molar-refractivity contribution is -0.383. The van der Waals surface area contributed by atoms with Crippen molar-refractivity contribution in [3.05, 3.63) is 22.2 Å². The molecule has 0 atom stereocenters. The molecule has 6 nitrogen and oxygen atoms in total. The summed E-state index contributed by atoms with van der Waals surface area (Å²) in [7, 11) is 0. The fourth-order valence-electron chi connectivity index (χ4n) is 1.04. The second-order valence-corrected chi connectivity index (χ2v) is 2.64. The maximum atomic E-state index is 10.5. The van der Waals surface area contributed by atoms with E-state index in [1.54, 1.807) is 6.92 Å². The van der Waals surface area contributed by atoms with Gasteiger partial charge in [-0.2, -0.15) is 0 Å². The maximum Gasteiger partial charge on any atom is 0.294 e. The Balaban J connectivity index is 3.17. The Hall–Kier alpha value is -1.98. The SMILES string of the molecule is CCOc1cc(N)c([N+](=O)[O-])cc1N. The molecule has 0 spiro atoms. The van der Waals surface area contributed by atoms with Gasteiger partial charge < -0.3 is 16.2 Å². The number of anilines is 2. The first-order valence-electron chi connectivity index (χ1n) is 4.02. The van der Waals surface area contributed by atoms with Gasteiger partial charge in [-0.25, -0.2) is 0 Å². The summed E-state index contributed by atoms with van der Waals surface area (Å²) in [5.74, 6) is 0.371. The standard InChI is InChI=1S/C8H11N3O3/c1-2-14-8-4-5(9)7(11(12)13)3-6(8)10/h3-4H,2,9-10H2,1H3. The van der Waals surface area contributed by atoms with Crippen LogP contribution in [-0.2, 0) is 0 Å². The van der Waals surface area contributed by atoms with E-state index >= 15 is 0 Å². The average Bonchev–Trinajstić information content (AvgIpc) is 2.10. The molecule has 0 heterocycles. The third-order valence-electron chi connectivity index (χ3n) is 1.66. The van der Waals surface area contributed by atoms with Crippen molar-refractivity contribution in [2.75, 3.05) is 18.1 Å². The highest BCUT2D eigenvalue weighted by Crippen LogP contribution is 2.32. The van der Waals surface area contributed by atoms with Crippen molar-refractivity contribution in [2.24, 2.45) is 0 Å². The van der Waals surface area contributed by atoms with Gasteiger partial charge in [-0.1, -0.05) is 0 Å².